The molecule has 7 nitrogen and oxygen atoms in total. The maximum absolute atomic E-state index is 12.2. The van der Waals surface area contributed by atoms with Crippen LogP contribution in [0.25, 0.3) is 0 Å². The lowest BCUT2D eigenvalue weighted by Gasteiger charge is -2.10. The summed E-state index contributed by atoms with van der Waals surface area (Å²) in [6.07, 6.45) is 0. The molecule has 0 aliphatic rings. The van der Waals surface area contributed by atoms with Crippen molar-refractivity contribution in [3.05, 3.63) is 54.1 Å². The predicted molar refractivity (Wildman–Crippen MR) is 107 cm³/mol. The van der Waals surface area contributed by atoms with Crippen LogP contribution in [0, 0.1) is 0 Å². The van der Waals surface area contributed by atoms with Crippen LogP contribution in [0.3, 0.4) is 0 Å². The van der Waals surface area contributed by atoms with Gasteiger partial charge in [0.1, 0.15) is 11.5 Å². The summed E-state index contributed by atoms with van der Waals surface area (Å²) in [7, 11) is -2.13. The molecule has 2 aromatic rings. The minimum atomic E-state index is -3.64. The number of methoxy groups -OCH3 is 1. The number of rotatable bonds is 10. The van der Waals surface area contributed by atoms with E-state index in [0.29, 0.717) is 17.4 Å². The average molecular weight is 407 g/mol. The van der Waals surface area contributed by atoms with E-state index in [2.05, 4.69) is 23.9 Å². The van der Waals surface area contributed by atoms with Gasteiger partial charge in [-0.3, -0.25) is 4.79 Å². The second-order valence-electron chi connectivity index (χ2n) is 6.44. The Morgan fingerprint density at radius 1 is 0.964 bits per heavy atom. The molecule has 152 valence electrons. The zero-order chi connectivity index (χ0) is 20.6. The largest absolute Gasteiger partial charge is 0.497 e. The van der Waals surface area contributed by atoms with Gasteiger partial charge in [0.25, 0.3) is 5.91 Å². The first-order valence-corrected chi connectivity index (χ1v) is 10.4. The second kappa shape index (κ2) is 10.1. The zero-order valence-corrected chi connectivity index (χ0v) is 17.1. The Balaban J connectivity index is 1.71. The van der Waals surface area contributed by atoms with E-state index in [1.54, 1.807) is 12.1 Å². The first kappa shape index (κ1) is 21.7. The van der Waals surface area contributed by atoms with Crippen LogP contribution in [0.2, 0.25) is 0 Å². The average Bonchev–Trinajstić information content (AvgIpc) is 2.70. The smallest absolute Gasteiger partial charge is 0.257 e. The third-order valence-corrected chi connectivity index (χ3v) is 5.50. The van der Waals surface area contributed by atoms with E-state index in [1.807, 2.05) is 24.3 Å². The van der Waals surface area contributed by atoms with Gasteiger partial charge in [-0.1, -0.05) is 26.0 Å². The molecule has 0 saturated carbocycles. The van der Waals surface area contributed by atoms with E-state index < -0.39 is 10.0 Å². The molecule has 8 heteroatoms. The van der Waals surface area contributed by atoms with Crippen molar-refractivity contribution >= 4 is 15.9 Å². The summed E-state index contributed by atoms with van der Waals surface area (Å²) < 4.78 is 37.2. The summed E-state index contributed by atoms with van der Waals surface area (Å²) in [4.78, 5) is 12.0. The van der Waals surface area contributed by atoms with Crippen molar-refractivity contribution in [2.45, 2.75) is 24.7 Å². The molecule has 0 unspecified atom stereocenters. The SMILES string of the molecule is COc1ccc(S(=O)(=O)NCCNC(=O)COc2ccc(C(C)C)cc2)cc1. The van der Waals surface area contributed by atoms with E-state index >= 15 is 0 Å². The molecule has 28 heavy (non-hydrogen) atoms. The summed E-state index contributed by atoms with van der Waals surface area (Å²) in [5.41, 5.74) is 1.20. The third kappa shape index (κ3) is 6.54. The van der Waals surface area contributed by atoms with E-state index in [0.717, 1.165) is 0 Å². The van der Waals surface area contributed by atoms with Crippen LogP contribution in [0.1, 0.15) is 25.3 Å². The molecule has 0 saturated heterocycles. The van der Waals surface area contributed by atoms with Crippen molar-refractivity contribution in [1.29, 1.82) is 0 Å². The van der Waals surface area contributed by atoms with Crippen molar-refractivity contribution in [1.82, 2.24) is 10.0 Å². The molecule has 0 radical (unpaired) electrons. The molecule has 0 aromatic heterocycles. The zero-order valence-electron chi connectivity index (χ0n) is 16.3. The molecular formula is C20H26N2O5S. The maximum atomic E-state index is 12.2. The Labute approximate surface area is 166 Å². The lowest BCUT2D eigenvalue weighted by atomic mass is 10.0. The van der Waals surface area contributed by atoms with Gasteiger partial charge >= 0.3 is 0 Å². The van der Waals surface area contributed by atoms with Gasteiger partial charge in [0.05, 0.1) is 12.0 Å². The van der Waals surface area contributed by atoms with Gasteiger partial charge in [-0.05, 0) is 47.9 Å². The van der Waals surface area contributed by atoms with Gasteiger partial charge in [-0.25, -0.2) is 13.1 Å². The molecule has 0 spiro atoms. The highest BCUT2D eigenvalue weighted by molar-refractivity contribution is 7.89. The monoisotopic (exact) mass is 406 g/mol. The number of benzene rings is 2. The first-order chi connectivity index (χ1) is 13.3. The number of carbonyl (C=O) groups is 1. The molecule has 0 atom stereocenters. The minimum Gasteiger partial charge on any atom is -0.497 e. The van der Waals surface area contributed by atoms with Crippen molar-refractivity contribution in [3.63, 3.8) is 0 Å². The van der Waals surface area contributed by atoms with Crippen LogP contribution in [0.15, 0.2) is 53.4 Å². The highest BCUT2D eigenvalue weighted by atomic mass is 32.2. The maximum Gasteiger partial charge on any atom is 0.257 e. The number of sulfonamides is 1. The fourth-order valence-electron chi connectivity index (χ4n) is 2.37. The van der Waals surface area contributed by atoms with Gasteiger partial charge in [0, 0.05) is 13.1 Å². The molecule has 2 rings (SSSR count). The van der Waals surface area contributed by atoms with Crippen LogP contribution >= 0.6 is 0 Å². The van der Waals surface area contributed by atoms with E-state index in [1.165, 1.54) is 24.8 Å². The van der Waals surface area contributed by atoms with E-state index in [9.17, 15) is 13.2 Å². The Morgan fingerprint density at radius 3 is 2.14 bits per heavy atom. The number of nitrogens with one attached hydrogen (secondary N) is 2. The number of carbonyl (C=O) groups excluding carboxylic acids is 1. The van der Waals surface area contributed by atoms with Crippen LogP contribution in [0.5, 0.6) is 11.5 Å². The quantitative estimate of drug-likeness (QED) is 0.591. The molecule has 2 aromatic carbocycles. The molecule has 0 aliphatic carbocycles. The summed E-state index contributed by atoms with van der Waals surface area (Å²) in [6.45, 7) is 4.30. The van der Waals surface area contributed by atoms with Crippen molar-refractivity contribution in [2.24, 2.45) is 0 Å². The normalized spacial score (nSPS) is 11.3. The van der Waals surface area contributed by atoms with Crippen molar-refractivity contribution in [2.75, 3.05) is 26.8 Å². The fourth-order valence-corrected chi connectivity index (χ4v) is 3.41. The number of ether oxygens (including phenoxy) is 2. The summed E-state index contributed by atoms with van der Waals surface area (Å²) in [5.74, 6) is 1.29. The Kier molecular flexibility index (Phi) is 7.83. The van der Waals surface area contributed by atoms with Gasteiger partial charge in [-0.15, -0.1) is 0 Å². The topological polar surface area (TPSA) is 93.7 Å². The summed E-state index contributed by atoms with van der Waals surface area (Å²) in [5, 5.41) is 2.61. The Hall–Kier alpha value is -2.58. The molecule has 0 aliphatic heterocycles. The third-order valence-electron chi connectivity index (χ3n) is 4.03. The molecule has 0 heterocycles. The van der Waals surface area contributed by atoms with Crippen LogP contribution < -0.4 is 19.5 Å². The lowest BCUT2D eigenvalue weighted by molar-refractivity contribution is -0.123. The van der Waals surface area contributed by atoms with Crippen LogP contribution in [-0.4, -0.2) is 41.1 Å². The lowest BCUT2D eigenvalue weighted by Crippen LogP contribution is -2.36. The van der Waals surface area contributed by atoms with Crippen molar-refractivity contribution in [3.8, 4) is 11.5 Å². The fraction of sp³-hybridized carbons (Fsp3) is 0.350. The van der Waals surface area contributed by atoms with Gasteiger partial charge in [0.15, 0.2) is 6.61 Å². The molecule has 0 bridgehead atoms. The highest BCUT2D eigenvalue weighted by Crippen LogP contribution is 2.18. The summed E-state index contributed by atoms with van der Waals surface area (Å²) >= 11 is 0. The first-order valence-electron chi connectivity index (χ1n) is 8.95. The molecular weight excluding hydrogens is 380 g/mol. The predicted octanol–water partition coefficient (Wildman–Crippen LogP) is 2.29. The van der Waals surface area contributed by atoms with E-state index in [4.69, 9.17) is 9.47 Å². The molecule has 0 fully saturated rings. The minimum absolute atomic E-state index is 0.0726. The van der Waals surface area contributed by atoms with E-state index in [-0.39, 0.29) is 30.5 Å². The van der Waals surface area contributed by atoms with Gasteiger partial charge in [-0.2, -0.15) is 0 Å². The Morgan fingerprint density at radius 2 is 1.57 bits per heavy atom. The van der Waals surface area contributed by atoms with Gasteiger partial charge < -0.3 is 14.8 Å². The van der Waals surface area contributed by atoms with Crippen molar-refractivity contribution < 1.29 is 22.7 Å². The van der Waals surface area contributed by atoms with Gasteiger partial charge in [0.2, 0.25) is 10.0 Å². The Bertz CT molecular complexity index is 862. The molecule has 1 amide bonds. The highest BCUT2D eigenvalue weighted by Gasteiger charge is 2.13. The standard InChI is InChI=1S/C20H26N2O5S/c1-15(2)16-4-6-18(7-5-16)27-14-20(23)21-12-13-22-28(24,25)19-10-8-17(26-3)9-11-19/h4-11,15,22H,12-14H2,1-3H3,(H,21,23). The van der Waals surface area contributed by atoms with Crippen LogP contribution in [0.4, 0.5) is 0 Å². The second-order valence-corrected chi connectivity index (χ2v) is 8.20. The summed E-state index contributed by atoms with van der Waals surface area (Å²) in [6, 6.07) is 13.6. The van der Waals surface area contributed by atoms with Crippen LogP contribution in [-0.2, 0) is 14.8 Å². The molecule has 2 N–H and O–H groups in total. The number of hydrogen-bond acceptors (Lipinski definition) is 5. The number of amides is 1. The number of hydrogen-bond donors (Lipinski definition) is 2.